The maximum absolute atomic E-state index is 12.8. The predicted octanol–water partition coefficient (Wildman–Crippen LogP) is 4.94. The van der Waals surface area contributed by atoms with E-state index in [1.54, 1.807) is 25.1 Å². The molecule has 2 aromatic carbocycles. The van der Waals surface area contributed by atoms with E-state index in [2.05, 4.69) is 27.4 Å². The molecule has 4 aromatic rings. The van der Waals surface area contributed by atoms with E-state index in [1.165, 1.54) is 23.1 Å². The van der Waals surface area contributed by atoms with Gasteiger partial charge in [-0.3, -0.25) is 9.78 Å². The molecule has 0 saturated carbocycles. The summed E-state index contributed by atoms with van der Waals surface area (Å²) in [7, 11) is 0. The van der Waals surface area contributed by atoms with E-state index in [4.69, 9.17) is 9.47 Å². The third-order valence-electron chi connectivity index (χ3n) is 6.26. The summed E-state index contributed by atoms with van der Waals surface area (Å²) in [6, 6.07) is 17.4. The minimum Gasteiger partial charge on any atom is -0.462 e. The van der Waals surface area contributed by atoms with Gasteiger partial charge in [0.2, 0.25) is 0 Å². The van der Waals surface area contributed by atoms with Crippen LogP contribution < -0.4 is 5.32 Å². The third-order valence-corrected chi connectivity index (χ3v) is 7.43. The van der Waals surface area contributed by atoms with Crippen LogP contribution in [0.2, 0.25) is 0 Å². The Morgan fingerprint density at radius 3 is 2.54 bits per heavy atom. The van der Waals surface area contributed by atoms with Crippen LogP contribution in [0.3, 0.4) is 0 Å². The molecule has 1 unspecified atom stereocenters. The number of rotatable bonds is 7. The molecule has 0 saturated heterocycles. The van der Waals surface area contributed by atoms with Gasteiger partial charge in [0, 0.05) is 4.88 Å². The minimum absolute atomic E-state index is 0.0113. The Morgan fingerprint density at radius 2 is 1.76 bits per heavy atom. The van der Waals surface area contributed by atoms with Crippen LogP contribution in [0.5, 0.6) is 0 Å². The molecule has 1 aliphatic rings. The first-order valence-corrected chi connectivity index (χ1v) is 12.9. The number of para-hydroxylation sites is 2. The number of esters is 2. The molecule has 188 valence electrons. The smallest absolute Gasteiger partial charge is 0.359 e. The first-order valence-electron chi connectivity index (χ1n) is 12.1. The Bertz CT molecular complexity index is 1470. The second kappa shape index (κ2) is 10.9. The molecule has 0 radical (unpaired) electrons. The predicted molar refractivity (Wildman–Crippen MR) is 140 cm³/mol. The van der Waals surface area contributed by atoms with Crippen molar-refractivity contribution in [3.8, 4) is 0 Å². The molecule has 1 N–H and O–H groups in total. The topological polar surface area (TPSA) is 107 Å². The molecule has 0 fully saturated rings. The summed E-state index contributed by atoms with van der Waals surface area (Å²) in [5.74, 6) is -1.42. The number of carbonyl (C=O) groups excluding carboxylic acids is 3. The van der Waals surface area contributed by atoms with Crippen LogP contribution in [0, 0.1) is 0 Å². The van der Waals surface area contributed by atoms with Gasteiger partial charge < -0.3 is 14.8 Å². The van der Waals surface area contributed by atoms with Gasteiger partial charge in [-0.2, -0.15) is 0 Å². The fourth-order valence-electron chi connectivity index (χ4n) is 4.53. The van der Waals surface area contributed by atoms with E-state index in [9.17, 15) is 14.4 Å². The Hall–Kier alpha value is -4.11. The van der Waals surface area contributed by atoms with E-state index < -0.39 is 24.5 Å². The highest BCUT2D eigenvalue weighted by Crippen LogP contribution is 2.42. The van der Waals surface area contributed by atoms with Crippen molar-refractivity contribution >= 4 is 45.2 Å². The monoisotopic (exact) mass is 515 g/mol. The molecule has 0 spiro atoms. The number of carbonyl (C=O) groups is 3. The van der Waals surface area contributed by atoms with Crippen molar-refractivity contribution in [1.29, 1.82) is 0 Å². The van der Waals surface area contributed by atoms with Crippen molar-refractivity contribution in [2.75, 3.05) is 18.5 Å². The SMILES string of the molecule is CCOC(=O)c1c(NC(=O)COC(=O)c2cnc3ccccc3n2)sc2c1CCC(c1ccccc1)C2. The summed E-state index contributed by atoms with van der Waals surface area (Å²) in [6.45, 7) is 1.45. The summed E-state index contributed by atoms with van der Waals surface area (Å²) in [5, 5.41) is 3.18. The van der Waals surface area contributed by atoms with Gasteiger partial charge in [0.1, 0.15) is 5.00 Å². The van der Waals surface area contributed by atoms with E-state index >= 15 is 0 Å². The zero-order valence-electron chi connectivity index (χ0n) is 20.2. The third kappa shape index (κ3) is 5.36. The molecule has 1 atom stereocenters. The van der Waals surface area contributed by atoms with E-state index in [0.717, 1.165) is 23.3 Å². The summed E-state index contributed by atoms with van der Waals surface area (Å²) in [4.78, 5) is 47.5. The second-order valence-electron chi connectivity index (χ2n) is 8.65. The molecule has 5 rings (SSSR count). The van der Waals surface area contributed by atoms with Crippen molar-refractivity contribution in [1.82, 2.24) is 9.97 Å². The second-order valence-corrected chi connectivity index (χ2v) is 9.75. The Balaban J connectivity index is 1.30. The zero-order valence-corrected chi connectivity index (χ0v) is 21.0. The van der Waals surface area contributed by atoms with Crippen molar-refractivity contribution in [2.45, 2.75) is 32.1 Å². The number of thiophene rings is 1. The van der Waals surface area contributed by atoms with E-state index in [-0.39, 0.29) is 12.3 Å². The lowest BCUT2D eigenvalue weighted by Crippen LogP contribution is -2.22. The zero-order chi connectivity index (χ0) is 25.8. The fraction of sp³-hybridized carbons (Fsp3) is 0.250. The quantitative estimate of drug-likeness (QED) is 0.348. The number of ether oxygens (including phenoxy) is 2. The van der Waals surface area contributed by atoms with Crippen LogP contribution in [0.4, 0.5) is 5.00 Å². The normalized spacial score (nSPS) is 14.6. The average molecular weight is 516 g/mol. The molecular formula is C28H25N3O5S. The van der Waals surface area contributed by atoms with Crippen LogP contribution in [-0.2, 0) is 27.1 Å². The molecule has 8 nitrogen and oxygen atoms in total. The lowest BCUT2D eigenvalue weighted by Gasteiger charge is -2.23. The van der Waals surface area contributed by atoms with Crippen LogP contribution in [-0.4, -0.2) is 41.0 Å². The minimum atomic E-state index is -0.754. The van der Waals surface area contributed by atoms with Crippen LogP contribution in [0.25, 0.3) is 11.0 Å². The lowest BCUT2D eigenvalue weighted by atomic mass is 9.83. The summed E-state index contributed by atoms with van der Waals surface area (Å²) >= 11 is 1.38. The summed E-state index contributed by atoms with van der Waals surface area (Å²) < 4.78 is 10.5. The highest BCUT2D eigenvalue weighted by atomic mass is 32.1. The molecule has 2 aromatic heterocycles. The average Bonchev–Trinajstić information content (AvgIpc) is 3.29. The lowest BCUT2D eigenvalue weighted by molar-refractivity contribution is -0.119. The highest BCUT2D eigenvalue weighted by Gasteiger charge is 2.31. The molecule has 1 aliphatic carbocycles. The maximum atomic E-state index is 12.8. The number of fused-ring (bicyclic) bond motifs is 2. The van der Waals surface area contributed by atoms with E-state index in [0.29, 0.717) is 33.9 Å². The van der Waals surface area contributed by atoms with Crippen LogP contribution >= 0.6 is 11.3 Å². The summed E-state index contributed by atoms with van der Waals surface area (Å²) in [6.07, 6.45) is 3.71. The molecule has 9 heteroatoms. The number of anilines is 1. The van der Waals surface area contributed by atoms with Gasteiger partial charge in [-0.05, 0) is 55.4 Å². The van der Waals surface area contributed by atoms with E-state index in [1.807, 2.05) is 24.3 Å². The van der Waals surface area contributed by atoms with Gasteiger partial charge in [-0.1, -0.05) is 42.5 Å². The maximum Gasteiger partial charge on any atom is 0.359 e. The number of hydrogen-bond donors (Lipinski definition) is 1. The van der Waals surface area contributed by atoms with Crippen molar-refractivity contribution in [3.05, 3.63) is 88.1 Å². The number of aromatic nitrogens is 2. The Kier molecular flexibility index (Phi) is 7.23. The largest absolute Gasteiger partial charge is 0.462 e. The first-order chi connectivity index (χ1) is 18.0. The number of hydrogen-bond acceptors (Lipinski definition) is 8. The number of benzene rings is 2. The van der Waals surface area contributed by atoms with Crippen molar-refractivity contribution in [2.24, 2.45) is 0 Å². The highest BCUT2D eigenvalue weighted by molar-refractivity contribution is 7.17. The van der Waals surface area contributed by atoms with Gasteiger partial charge in [-0.25, -0.2) is 14.6 Å². The fourth-order valence-corrected chi connectivity index (χ4v) is 5.86. The number of nitrogens with zero attached hydrogens (tertiary/aromatic N) is 2. The van der Waals surface area contributed by atoms with Gasteiger partial charge >= 0.3 is 11.9 Å². The Morgan fingerprint density at radius 1 is 1.00 bits per heavy atom. The van der Waals surface area contributed by atoms with Gasteiger partial charge in [0.05, 0.1) is 29.4 Å². The number of amides is 1. The molecule has 37 heavy (non-hydrogen) atoms. The molecule has 0 bridgehead atoms. The number of nitrogens with one attached hydrogen (secondary N) is 1. The molecule has 2 heterocycles. The molecule has 0 aliphatic heterocycles. The van der Waals surface area contributed by atoms with Crippen molar-refractivity contribution < 1.29 is 23.9 Å². The van der Waals surface area contributed by atoms with Crippen LogP contribution in [0.1, 0.15) is 56.1 Å². The standard InChI is InChI=1S/C28H25N3O5S/c1-2-35-28(34)25-19-13-12-18(17-8-4-3-5-9-17)14-23(19)37-26(25)31-24(32)16-36-27(33)22-15-29-20-10-6-7-11-21(20)30-22/h3-11,15,18H,2,12-14,16H2,1H3,(H,31,32). The first kappa shape index (κ1) is 24.6. The summed E-state index contributed by atoms with van der Waals surface area (Å²) in [5.41, 5.74) is 3.80. The molecular weight excluding hydrogens is 490 g/mol. The van der Waals surface area contributed by atoms with Crippen molar-refractivity contribution in [3.63, 3.8) is 0 Å². The van der Waals surface area contributed by atoms with Gasteiger partial charge in [-0.15, -0.1) is 11.3 Å². The van der Waals surface area contributed by atoms with Gasteiger partial charge in [0.15, 0.2) is 12.3 Å². The Labute approximate surface area is 217 Å². The van der Waals surface area contributed by atoms with Gasteiger partial charge in [0.25, 0.3) is 5.91 Å². The van der Waals surface area contributed by atoms with Crippen LogP contribution in [0.15, 0.2) is 60.8 Å². The molecule has 1 amide bonds.